The highest BCUT2D eigenvalue weighted by Crippen LogP contribution is 2.35. The fourth-order valence-electron chi connectivity index (χ4n) is 4.22. The first-order valence-electron chi connectivity index (χ1n) is 12.9. The average molecular weight is 526 g/mol. The maximum atomic E-state index is 13.0. The Morgan fingerprint density at radius 1 is 1.08 bits per heavy atom. The van der Waals surface area contributed by atoms with Gasteiger partial charge in [-0.2, -0.15) is 0 Å². The van der Waals surface area contributed by atoms with Crippen LogP contribution in [-0.2, 0) is 38.7 Å². The van der Waals surface area contributed by atoms with E-state index in [0.717, 1.165) is 5.56 Å². The third-order valence-corrected chi connectivity index (χ3v) is 6.55. The maximum absolute atomic E-state index is 13.0. The lowest BCUT2D eigenvalue weighted by Crippen LogP contribution is -2.57. The van der Waals surface area contributed by atoms with Gasteiger partial charge in [0, 0.05) is 0 Å². The van der Waals surface area contributed by atoms with E-state index in [2.05, 4.69) is 31.6 Å². The van der Waals surface area contributed by atoms with E-state index in [-0.39, 0.29) is 30.7 Å². The predicted molar refractivity (Wildman–Crippen MR) is 137 cm³/mol. The second-order valence-corrected chi connectivity index (χ2v) is 10.4. The van der Waals surface area contributed by atoms with Crippen LogP contribution in [0, 0.1) is 5.92 Å². The fraction of sp³-hybridized carbons (Fsp3) is 0.538. The molecule has 1 spiro atoms. The molecule has 12 nitrogen and oxygen atoms in total. The normalized spacial score (nSPS) is 22.7. The minimum Gasteiger partial charge on any atom is -0.492 e. The lowest BCUT2D eigenvalue weighted by Gasteiger charge is -2.24. The number of benzene rings is 1. The van der Waals surface area contributed by atoms with Gasteiger partial charge in [0.15, 0.2) is 0 Å². The molecule has 2 aliphatic heterocycles. The van der Waals surface area contributed by atoms with Crippen LogP contribution in [0.2, 0.25) is 0 Å². The summed E-state index contributed by atoms with van der Waals surface area (Å²) in [6.45, 7) is 6.43. The summed E-state index contributed by atoms with van der Waals surface area (Å²) in [5.74, 6) is -0.734. The predicted octanol–water partition coefficient (Wildman–Crippen LogP) is 0.214. The first-order valence-corrected chi connectivity index (χ1v) is 12.9. The number of carbonyl (C=O) groups is 4. The zero-order valence-corrected chi connectivity index (χ0v) is 22.0. The van der Waals surface area contributed by atoms with E-state index in [9.17, 15) is 19.2 Å². The van der Waals surface area contributed by atoms with Crippen molar-refractivity contribution in [2.45, 2.75) is 77.2 Å². The number of nitrogens with one attached hydrogen (secondary N) is 4. The highest BCUT2D eigenvalue weighted by atomic mass is 16.5. The van der Waals surface area contributed by atoms with Gasteiger partial charge in [0.05, 0.1) is 25.7 Å². The number of hydrogen-bond donors (Lipinski definition) is 4. The van der Waals surface area contributed by atoms with Gasteiger partial charge in [0.2, 0.25) is 23.6 Å². The molecule has 1 aromatic heterocycles. The molecular formula is C26H35N7O5. The van der Waals surface area contributed by atoms with Crippen LogP contribution in [0.1, 0.15) is 51.3 Å². The van der Waals surface area contributed by atoms with Crippen LogP contribution in [0.4, 0.5) is 0 Å². The molecule has 204 valence electrons. The minimum atomic E-state index is -1.02. The molecule has 12 heteroatoms. The Bertz CT molecular complexity index is 1170. The largest absolute Gasteiger partial charge is 0.492 e. The van der Waals surface area contributed by atoms with Crippen molar-refractivity contribution in [2.75, 3.05) is 6.61 Å². The molecule has 38 heavy (non-hydrogen) atoms. The number of aromatic nitrogens is 3. The van der Waals surface area contributed by atoms with E-state index < -0.39 is 29.4 Å². The summed E-state index contributed by atoms with van der Waals surface area (Å²) in [6.07, 6.45) is 3.24. The van der Waals surface area contributed by atoms with Crippen molar-refractivity contribution < 1.29 is 23.9 Å². The molecule has 0 saturated heterocycles. The summed E-state index contributed by atoms with van der Waals surface area (Å²) >= 11 is 0. The van der Waals surface area contributed by atoms with Gasteiger partial charge in [-0.1, -0.05) is 31.2 Å². The Kier molecular flexibility index (Phi) is 8.28. The van der Waals surface area contributed by atoms with Crippen LogP contribution in [0.15, 0.2) is 30.5 Å². The molecule has 0 radical (unpaired) electrons. The van der Waals surface area contributed by atoms with Crippen LogP contribution in [0.3, 0.4) is 0 Å². The summed E-state index contributed by atoms with van der Waals surface area (Å²) in [7, 11) is 0. The molecule has 4 amide bonds. The molecule has 3 heterocycles. The molecule has 1 aromatic carbocycles. The van der Waals surface area contributed by atoms with Crippen LogP contribution >= 0.6 is 0 Å². The summed E-state index contributed by atoms with van der Waals surface area (Å²) in [5, 5.41) is 19.3. The summed E-state index contributed by atoms with van der Waals surface area (Å²) in [4.78, 5) is 51.5. The molecular weight excluding hydrogens is 490 g/mol. The van der Waals surface area contributed by atoms with Crippen molar-refractivity contribution in [3.05, 3.63) is 41.7 Å². The lowest BCUT2D eigenvalue weighted by atomic mass is 10.0. The number of hydrogen-bond acceptors (Lipinski definition) is 7. The number of amides is 4. The van der Waals surface area contributed by atoms with Gasteiger partial charge in [0.25, 0.3) is 0 Å². The molecule has 1 fully saturated rings. The van der Waals surface area contributed by atoms with Gasteiger partial charge < -0.3 is 26.0 Å². The van der Waals surface area contributed by atoms with Gasteiger partial charge in [-0.3, -0.25) is 19.2 Å². The Hall–Kier alpha value is -3.96. The minimum absolute atomic E-state index is 0.110. The van der Waals surface area contributed by atoms with Crippen molar-refractivity contribution in [2.24, 2.45) is 5.92 Å². The van der Waals surface area contributed by atoms with Crippen LogP contribution in [0.5, 0.6) is 5.75 Å². The van der Waals surface area contributed by atoms with Gasteiger partial charge in [-0.25, -0.2) is 4.68 Å². The van der Waals surface area contributed by atoms with E-state index in [1.54, 1.807) is 42.1 Å². The molecule has 4 N–H and O–H groups in total. The SMILES string of the molecule is CC(C)C[C@H]1NC(=O)[C@@H](C)NC(=O)C2(CC2)NC(=O)Cc2ccc(cc2)OCCn2cc(nn2)CNC1=O. The zero-order valence-electron chi connectivity index (χ0n) is 22.0. The third kappa shape index (κ3) is 7.08. The van der Waals surface area contributed by atoms with E-state index in [4.69, 9.17) is 4.74 Å². The Labute approximate surface area is 221 Å². The van der Waals surface area contributed by atoms with Gasteiger partial charge >= 0.3 is 0 Å². The highest BCUT2D eigenvalue weighted by Gasteiger charge is 2.51. The lowest BCUT2D eigenvalue weighted by molar-refractivity contribution is -0.134. The van der Waals surface area contributed by atoms with E-state index in [0.29, 0.717) is 43.9 Å². The Morgan fingerprint density at radius 2 is 1.82 bits per heavy atom. The molecule has 1 aliphatic carbocycles. The topological polar surface area (TPSA) is 156 Å². The molecule has 3 aliphatic rings. The fourth-order valence-corrected chi connectivity index (χ4v) is 4.22. The van der Waals surface area contributed by atoms with Crippen LogP contribution < -0.4 is 26.0 Å². The summed E-state index contributed by atoms with van der Waals surface area (Å²) in [6, 6.07) is 5.50. The van der Waals surface area contributed by atoms with Crippen molar-refractivity contribution in [1.82, 2.24) is 36.3 Å². The Balaban J connectivity index is 1.50. The maximum Gasteiger partial charge on any atom is 0.246 e. The van der Waals surface area contributed by atoms with Crippen molar-refractivity contribution in [3.8, 4) is 5.75 Å². The van der Waals surface area contributed by atoms with Crippen molar-refractivity contribution in [1.29, 1.82) is 0 Å². The first kappa shape index (κ1) is 27.1. The highest BCUT2D eigenvalue weighted by molar-refractivity contribution is 5.98. The van der Waals surface area contributed by atoms with E-state index in [1.165, 1.54) is 0 Å². The molecule has 5 rings (SSSR count). The second kappa shape index (κ2) is 11.6. The number of rotatable bonds is 2. The van der Waals surface area contributed by atoms with Gasteiger partial charge in [0.1, 0.15) is 35.7 Å². The standard InChI is InChI=1S/C26H35N7O5/c1-16(2)12-21-24(36)27-14-19-15-33(32-31-19)10-11-38-20-6-4-18(5-7-20)13-22(34)30-26(8-9-26)25(37)28-17(3)23(35)29-21/h4-7,15-17,21H,8-14H2,1-3H3,(H,27,36)(H,28,37)(H,29,35)(H,30,34)/t17-,21-/m1/s1. The molecule has 1 saturated carbocycles. The second-order valence-electron chi connectivity index (χ2n) is 10.4. The van der Waals surface area contributed by atoms with Crippen LogP contribution in [-0.4, -0.2) is 62.9 Å². The molecule has 2 aromatic rings. The monoisotopic (exact) mass is 525 g/mol. The quantitative estimate of drug-likeness (QED) is 0.409. The number of ether oxygens (including phenoxy) is 1. The first-order chi connectivity index (χ1) is 18.1. The summed E-state index contributed by atoms with van der Waals surface area (Å²) < 4.78 is 7.40. The number of nitrogens with zero attached hydrogens (tertiary/aromatic N) is 3. The van der Waals surface area contributed by atoms with E-state index >= 15 is 0 Å². The van der Waals surface area contributed by atoms with Crippen molar-refractivity contribution in [3.63, 3.8) is 0 Å². The van der Waals surface area contributed by atoms with E-state index in [1.807, 2.05) is 13.8 Å². The van der Waals surface area contributed by atoms with Crippen LogP contribution in [0.25, 0.3) is 0 Å². The molecule has 0 unspecified atom stereocenters. The number of carbonyl (C=O) groups excluding carboxylic acids is 4. The molecule has 2 atom stereocenters. The third-order valence-electron chi connectivity index (χ3n) is 6.55. The van der Waals surface area contributed by atoms with Crippen molar-refractivity contribution >= 4 is 23.6 Å². The summed E-state index contributed by atoms with van der Waals surface area (Å²) in [5.41, 5.74) is 0.338. The average Bonchev–Trinajstić information content (AvgIpc) is 3.51. The smallest absolute Gasteiger partial charge is 0.246 e. The zero-order chi connectivity index (χ0) is 27.3. The van der Waals surface area contributed by atoms with Gasteiger partial charge in [-0.05, 0) is 49.8 Å². The van der Waals surface area contributed by atoms with Gasteiger partial charge in [-0.15, -0.1) is 5.10 Å². The Morgan fingerprint density at radius 3 is 2.50 bits per heavy atom. The number of fused-ring (bicyclic) bond motifs is 14. The molecule has 4 bridgehead atoms.